The Morgan fingerprint density at radius 1 is 0.806 bits per heavy atom. The first-order valence-corrected chi connectivity index (χ1v) is 13.4. The predicted molar refractivity (Wildman–Crippen MR) is 122 cm³/mol. The lowest BCUT2D eigenvalue weighted by molar-refractivity contribution is -0.116. The summed E-state index contributed by atoms with van der Waals surface area (Å²) in [6.07, 6.45) is 2.62. The maximum absolute atomic E-state index is 12.1. The molecule has 198 valence electrons. The summed E-state index contributed by atoms with van der Waals surface area (Å²) in [5.41, 5.74) is 0.755. The molecule has 0 aliphatic rings. The zero-order valence-corrected chi connectivity index (χ0v) is 20.5. The van der Waals surface area contributed by atoms with E-state index in [1.807, 2.05) is 0 Å². The summed E-state index contributed by atoms with van der Waals surface area (Å²) in [6.45, 7) is 0.0252. The summed E-state index contributed by atoms with van der Waals surface area (Å²) < 4.78 is 110. The van der Waals surface area contributed by atoms with Crippen LogP contribution in [-0.4, -0.2) is 58.5 Å². The molecular weight excluding hydrogens is 550 g/mol. The number of ether oxygens (including phenoxy) is 1. The Morgan fingerprint density at radius 2 is 1.33 bits per heavy atom. The van der Waals surface area contributed by atoms with Crippen molar-refractivity contribution in [2.24, 2.45) is 0 Å². The lowest BCUT2D eigenvalue weighted by Gasteiger charge is -2.10. The third kappa shape index (κ3) is 10.5. The van der Waals surface area contributed by atoms with Crippen molar-refractivity contribution in [1.29, 1.82) is 0 Å². The molecule has 0 fully saturated rings. The maximum Gasteiger partial charge on any atom is 0.446 e. The molecule has 2 aromatic carbocycles. The first-order chi connectivity index (χ1) is 16.5. The minimum absolute atomic E-state index is 0.0252. The molecule has 0 bridgehead atoms. The summed E-state index contributed by atoms with van der Waals surface area (Å²) in [7, 11) is -13.6. The number of hydrogen-bond acceptors (Lipinski definition) is 11. The Hall–Kier alpha value is -3.42. The molecule has 0 spiro atoms. The van der Waals surface area contributed by atoms with Gasteiger partial charge in [0.05, 0.1) is 7.11 Å². The number of methoxy groups -OCH3 is 1. The second kappa shape index (κ2) is 11.5. The molecule has 36 heavy (non-hydrogen) atoms. The van der Waals surface area contributed by atoms with Crippen molar-refractivity contribution in [3.8, 4) is 23.0 Å². The predicted octanol–water partition coefficient (Wildman–Crippen LogP) is 0.612. The van der Waals surface area contributed by atoms with E-state index in [0.29, 0.717) is 11.1 Å². The average molecular weight is 570 g/mol. The molecule has 0 aliphatic heterocycles. The van der Waals surface area contributed by atoms with Gasteiger partial charge in [0.1, 0.15) is 0 Å². The molecule has 2 aromatic rings. The molecule has 0 saturated heterocycles. The van der Waals surface area contributed by atoms with E-state index in [4.69, 9.17) is 18.4 Å². The highest BCUT2D eigenvalue weighted by molar-refractivity contribution is 7.81. The van der Waals surface area contributed by atoms with Gasteiger partial charge in [0.15, 0.2) is 23.0 Å². The highest BCUT2D eigenvalue weighted by atomic mass is 32.3. The lowest BCUT2D eigenvalue weighted by atomic mass is 10.1. The van der Waals surface area contributed by atoms with Crippen LogP contribution in [0, 0.1) is 0 Å². The van der Waals surface area contributed by atoms with Gasteiger partial charge in [-0.05, 0) is 47.9 Å². The van der Waals surface area contributed by atoms with Gasteiger partial charge in [0.2, 0.25) is 5.91 Å². The topological polar surface area (TPSA) is 229 Å². The van der Waals surface area contributed by atoms with Gasteiger partial charge < -0.3 is 22.6 Å². The van der Waals surface area contributed by atoms with Gasteiger partial charge in [-0.3, -0.25) is 18.5 Å². The number of nitrogens with one attached hydrogen (secondary N) is 1. The summed E-state index contributed by atoms with van der Waals surface area (Å²) >= 11 is 0. The van der Waals surface area contributed by atoms with Gasteiger partial charge >= 0.3 is 31.2 Å². The van der Waals surface area contributed by atoms with E-state index in [2.05, 4.69) is 17.9 Å². The van der Waals surface area contributed by atoms with E-state index in [-0.39, 0.29) is 24.5 Å². The van der Waals surface area contributed by atoms with Gasteiger partial charge in [-0.15, -0.1) is 0 Å². The van der Waals surface area contributed by atoms with Gasteiger partial charge in [-0.2, -0.15) is 25.3 Å². The molecule has 0 aromatic heterocycles. The van der Waals surface area contributed by atoms with Gasteiger partial charge in [0, 0.05) is 12.6 Å². The number of benzene rings is 2. The molecule has 0 unspecified atom stereocenters. The van der Waals surface area contributed by atoms with Crippen molar-refractivity contribution in [3.05, 3.63) is 53.6 Å². The molecule has 0 saturated carbocycles. The Morgan fingerprint density at radius 3 is 1.89 bits per heavy atom. The first-order valence-electron chi connectivity index (χ1n) is 9.32. The van der Waals surface area contributed by atoms with Gasteiger partial charge in [0.25, 0.3) is 0 Å². The first kappa shape index (κ1) is 28.8. The van der Waals surface area contributed by atoms with Crippen molar-refractivity contribution in [2.45, 2.75) is 6.42 Å². The zero-order valence-electron chi connectivity index (χ0n) is 18.1. The van der Waals surface area contributed by atoms with Crippen LogP contribution in [0.1, 0.15) is 11.1 Å². The second-order valence-corrected chi connectivity index (χ2v) is 9.67. The Bertz CT molecular complexity index is 1460. The van der Waals surface area contributed by atoms with E-state index >= 15 is 0 Å². The van der Waals surface area contributed by atoms with Crippen molar-refractivity contribution >= 4 is 43.2 Å². The fourth-order valence-electron chi connectivity index (χ4n) is 2.60. The summed E-state index contributed by atoms with van der Waals surface area (Å²) in [4.78, 5) is 12.1. The second-order valence-electron chi connectivity index (χ2n) is 6.60. The van der Waals surface area contributed by atoms with Crippen LogP contribution in [-0.2, 0) is 42.4 Å². The highest BCUT2D eigenvalue weighted by Gasteiger charge is 2.18. The van der Waals surface area contributed by atoms with Crippen LogP contribution in [0.15, 0.2) is 42.5 Å². The van der Waals surface area contributed by atoms with E-state index in [9.17, 15) is 30.0 Å². The molecule has 2 rings (SSSR count). The van der Waals surface area contributed by atoms with Gasteiger partial charge in [-0.1, -0.05) is 12.1 Å². The molecule has 15 nitrogen and oxygen atoms in total. The van der Waals surface area contributed by atoms with Crippen LogP contribution < -0.4 is 22.6 Å². The largest absolute Gasteiger partial charge is 0.493 e. The maximum atomic E-state index is 12.1. The fraction of sp³-hybridized carbons (Fsp3) is 0.167. The monoisotopic (exact) mass is 569 g/mol. The molecule has 1 amide bonds. The van der Waals surface area contributed by atoms with Gasteiger partial charge in [-0.25, -0.2) is 0 Å². The molecule has 18 heteroatoms. The smallest absolute Gasteiger partial charge is 0.446 e. The standard InChI is InChI=1S/C18H19NO14S3/c1-30-16-10-12(2-5-14(16)31-34(21,22)23)4-7-18(20)19-9-8-13-3-6-15(32-35(24,25)26)17(11-13)33-36(27,28)29/h2-7,10-11H,8-9H2,1H3,(H,19,20)(H,21,22,23)(H,24,25,26)(H,27,28,29)/b7-4+. The molecule has 4 N–H and O–H groups in total. The normalized spacial score (nSPS) is 12.2. The fourth-order valence-corrected chi connectivity index (χ4v) is 3.69. The van der Waals surface area contributed by atoms with Crippen LogP contribution in [0.25, 0.3) is 6.08 Å². The zero-order chi connectivity index (χ0) is 27.1. The van der Waals surface area contributed by atoms with Crippen molar-refractivity contribution in [1.82, 2.24) is 5.32 Å². The number of hydrogen-bond donors (Lipinski definition) is 4. The number of carbonyl (C=O) groups excluding carboxylic acids is 1. The molecule has 0 heterocycles. The molecule has 0 radical (unpaired) electrons. The number of rotatable bonds is 12. The van der Waals surface area contributed by atoms with Crippen LogP contribution >= 0.6 is 0 Å². The minimum atomic E-state index is -5.05. The molecule has 0 aliphatic carbocycles. The van der Waals surface area contributed by atoms with Crippen LogP contribution in [0.2, 0.25) is 0 Å². The van der Waals surface area contributed by atoms with Crippen molar-refractivity contribution < 1.29 is 61.0 Å². The third-order valence-electron chi connectivity index (χ3n) is 3.92. The SMILES string of the molecule is COc1cc(/C=C/C(=O)NCCc2ccc(OS(=O)(=O)O)c(OS(=O)(=O)O)c2)ccc1OS(=O)(=O)O. The van der Waals surface area contributed by atoms with Crippen molar-refractivity contribution in [2.75, 3.05) is 13.7 Å². The number of amides is 1. The number of carbonyl (C=O) groups is 1. The van der Waals surface area contributed by atoms with E-state index in [0.717, 1.165) is 18.2 Å². The molecule has 0 atom stereocenters. The quantitative estimate of drug-likeness (QED) is 0.203. The summed E-state index contributed by atoms with van der Waals surface area (Å²) in [5.74, 6) is -2.29. The van der Waals surface area contributed by atoms with Crippen molar-refractivity contribution in [3.63, 3.8) is 0 Å². The molecular formula is C18H19NO14S3. The lowest BCUT2D eigenvalue weighted by Crippen LogP contribution is -2.23. The third-order valence-corrected chi connectivity index (χ3v) is 5.09. The summed E-state index contributed by atoms with van der Waals surface area (Å²) in [6, 6.07) is 7.21. The summed E-state index contributed by atoms with van der Waals surface area (Å²) in [5, 5.41) is 2.52. The van der Waals surface area contributed by atoms with Crippen LogP contribution in [0.5, 0.6) is 23.0 Å². The Balaban J connectivity index is 2.03. The van der Waals surface area contributed by atoms with Crippen LogP contribution in [0.4, 0.5) is 0 Å². The average Bonchev–Trinajstić information content (AvgIpc) is 2.71. The van der Waals surface area contributed by atoms with Crippen LogP contribution in [0.3, 0.4) is 0 Å². The van der Waals surface area contributed by atoms with E-state index < -0.39 is 48.6 Å². The van der Waals surface area contributed by atoms with E-state index in [1.165, 1.54) is 37.5 Å². The highest BCUT2D eigenvalue weighted by Crippen LogP contribution is 2.31. The Labute approximate surface area is 206 Å². The van der Waals surface area contributed by atoms with E-state index in [1.54, 1.807) is 0 Å². The minimum Gasteiger partial charge on any atom is -0.493 e. The Kier molecular flexibility index (Phi) is 9.24.